The number of aromatic amines is 1. The van der Waals surface area contributed by atoms with Crippen LogP contribution in [0, 0.1) is 0 Å². The highest BCUT2D eigenvalue weighted by atomic mass is 16.1. The van der Waals surface area contributed by atoms with Gasteiger partial charge >= 0.3 is 0 Å². The second-order valence-corrected chi connectivity index (χ2v) is 4.09. The molecule has 3 aromatic rings. The van der Waals surface area contributed by atoms with Gasteiger partial charge in [-0.15, -0.1) is 0 Å². The minimum Gasteiger partial charge on any atom is -0.359 e. The van der Waals surface area contributed by atoms with Crippen LogP contribution >= 0.6 is 0 Å². The molecule has 0 unspecified atom stereocenters. The highest BCUT2D eigenvalue weighted by Crippen LogP contribution is 2.29. The van der Waals surface area contributed by atoms with Crippen molar-refractivity contribution < 1.29 is 4.79 Å². The molecule has 0 atom stereocenters. The quantitative estimate of drug-likeness (QED) is 0.672. The molecule has 3 heteroatoms. The lowest BCUT2D eigenvalue weighted by Gasteiger charge is -2.06. The number of hydrogen-bond donors (Lipinski definition) is 2. The maximum absolute atomic E-state index is 10.7. The van der Waals surface area contributed by atoms with Crippen molar-refractivity contribution >= 4 is 23.0 Å². The van der Waals surface area contributed by atoms with Gasteiger partial charge in [0.25, 0.3) is 0 Å². The van der Waals surface area contributed by atoms with E-state index in [-0.39, 0.29) is 0 Å². The first-order valence-corrected chi connectivity index (χ1v) is 5.75. The number of aromatic nitrogens is 1. The van der Waals surface area contributed by atoms with Crippen LogP contribution in [0.25, 0.3) is 22.0 Å². The van der Waals surface area contributed by atoms with Crippen LogP contribution in [0.15, 0.2) is 54.7 Å². The van der Waals surface area contributed by atoms with E-state index in [1.165, 1.54) is 0 Å². The first kappa shape index (κ1) is 10.6. The average Bonchev–Trinajstić information content (AvgIpc) is 2.88. The van der Waals surface area contributed by atoms with Crippen molar-refractivity contribution in [2.45, 2.75) is 0 Å². The van der Waals surface area contributed by atoms with Gasteiger partial charge in [0.15, 0.2) is 0 Å². The summed E-state index contributed by atoms with van der Waals surface area (Å²) in [6.45, 7) is 0. The minimum atomic E-state index is 0.699. The standard InChI is InChI=1S/C15H12N2O/c18-10-17-14-9-13(11-4-2-1-3-5-11)8-12-6-7-16-15(12)14/h1-10,16H,(H,17,18). The molecule has 0 fully saturated rings. The maximum atomic E-state index is 10.7. The predicted molar refractivity (Wildman–Crippen MR) is 73.4 cm³/mol. The molecule has 0 bridgehead atoms. The first-order valence-electron chi connectivity index (χ1n) is 5.75. The third-order valence-electron chi connectivity index (χ3n) is 2.98. The molecule has 0 aliphatic rings. The summed E-state index contributed by atoms with van der Waals surface area (Å²) < 4.78 is 0. The molecule has 0 radical (unpaired) electrons. The van der Waals surface area contributed by atoms with Gasteiger partial charge in [-0.1, -0.05) is 30.3 Å². The summed E-state index contributed by atoms with van der Waals surface area (Å²) in [6.07, 6.45) is 2.57. The zero-order valence-electron chi connectivity index (χ0n) is 9.68. The molecule has 18 heavy (non-hydrogen) atoms. The molecule has 0 saturated carbocycles. The summed E-state index contributed by atoms with van der Waals surface area (Å²) in [5.41, 5.74) is 3.97. The van der Waals surface area contributed by atoms with Crippen molar-refractivity contribution in [1.82, 2.24) is 4.98 Å². The number of nitrogens with one attached hydrogen (secondary N) is 2. The fourth-order valence-corrected chi connectivity index (χ4v) is 2.15. The van der Waals surface area contributed by atoms with Gasteiger partial charge in [0.05, 0.1) is 11.2 Å². The SMILES string of the molecule is O=CNc1cc(-c2ccccc2)cc2cc[nH]c12. The van der Waals surface area contributed by atoms with Crippen molar-refractivity contribution in [3.8, 4) is 11.1 Å². The van der Waals surface area contributed by atoms with Crippen LogP contribution in [0.2, 0.25) is 0 Å². The Hall–Kier alpha value is -2.55. The van der Waals surface area contributed by atoms with Gasteiger partial charge in [-0.05, 0) is 29.3 Å². The third-order valence-corrected chi connectivity index (χ3v) is 2.98. The number of rotatable bonds is 3. The first-order chi connectivity index (χ1) is 8.88. The van der Waals surface area contributed by atoms with Gasteiger partial charge in [-0.3, -0.25) is 4.79 Å². The zero-order valence-corrected chi connectivity index (χ0v) is 9.68. The number of benzene rings is 2. The normalized spacial score (nSPS) is 10.4. The molecule has 1 heterocycles. The number of amides is 1. The molecule has 2 N–H and O–H groups in total. The lowest BCUT2D eigenvalue weighted by molar-refractivity contribution is -0.105. The van der Waals surface area contributed by atoms with Crippen molar-refractivity contribution in [3.63, 3.8) is 0 Å². The van der Waals surface area contributed by atoms with Crippen molar-refractivity contribution in [2.75, 3.05) is 5.32 Å². The van der Waals surface area contributed by atoms with Crippen LogP contribution in [-0.4, -0.2) is 11.4 Å². The van der Waals surface area contributed by atoms with E-state index < -0.39 is 0 Å². The van der Waals surface area contributed by atoms with Crippen LogP contribution in [-0.2, 0) is 4.79 Å². The van der Waals surface area contributed by atoms with E-state index in [2.05, 4.69) is 28.5 Å². The number of fused-ring (bicyclic) bond motifs is 1. The second kappa shape index (κ2) is 4.37. The third kappa shape index (κ3) is 1.76. The molecule has 1 amide bonds. The summed E-state index contributed by atoms with van der Waals surface area (Å²) in [5, 5.41) is 3.82. The number of hydrogen-bond acceptors (Lipinski definition) is 1. The van der Waals surface area contributed by atoms with Gasteiger partial charge in [0.1, 0.15) is 0 Å². The molecular formula is C15H12N2O. The molecule has 1 aromatic heterocycles. The molecule has 3 nitrogen and oxygen atoms in total. The average molecular weight is 236 g/mol. The fraction of sp³-hybridized carbons (Fsp3) is 0. The molecule has 0 saturated heterocycles. The van der Waals surface area contributed by atoms with E-state index in [1.807, 2.05) is 36.5 Å². The lowest BCUT2D eigenvalue weighted by Crippen LogP contribution is -1.95. The molecule has 88 valence electrons. The van der Waals surface area contributed by atoms with Crippen molar-refractivity contribution in [1.29, 1.82) is 0 Å². The Kier molecular flexibility index (Phi) is 2.57. The van der Waals surface area contributed by atoms with Crippen LogP contribution in [0.4, 0.5) is 5.69 Å². The Bertz CT molecular complexity index is 686. The largest absolute Gasteiger partial charge is 0.359 e. The molecular weight excluding hydrogens is 224 g/mol. The van der Waals surface area contributed by atoms with Gasteiger partial charge in [-0.25, -0.2) is 0 Å². The van der Waals surface area contributed by atoms with Gasteiger partial charge in [0, 0.05) is 11.6 Å². The molecule has 3 rings (SSSR count). The van der Waals surface area contributed by atoms with Crippen LogP contribution in [0.5, 0.6) is 0 Å². The Labute approximate surface area is 104 Å². The van der Waals surface area contributed by atoms with Crippen LogP contribution < -0.4 is 5.32 Å². The Morgan fingerprint density at radius 1 is 1.00 bits per heavy atom. The Morgan fingerprint density at radius 2 is 1.83 bits per heavy atom. The molecule has 0 spiro atoms. The molecule has 0 aliphatic carbocycles. The number of carbonyl (C=O) groups excluding carboxylic acids is 1. The molecule has 2 aromatic carbocycles. The Morgan fingerprint density at radius 3 is 2.61 bits per heavy atom. The smallest absolute Gasteiger partial charge is 0.211 e. The van der Waals surface area contributed by atoms with E-state index >= 15 is 0 Å². The van der Waals surface area contributed by atoms with Gasteiger partial charge in [-0.2, -0.15) is 0 Å². The summed E-state index contributed by atoms with van der Waals surface area (Å²) in [6, 6.07) is 16.2. The van der Waals surface area contributed by atoms with E-state index in [0.717, 1.165) is 27.7 Å². The number of carbonyl (C=O) groups is 1. The predicted octanol–water partition coefficient (Wildman–Crippen LogP) is 3.40. The second-order valence-electron chi connectivity index (χ2n) is 4.09. The van der Waals surface area contributed by atoms with E-state index in [4.69, 9.17) is 0 Å². The van der Waals surface area contributed by atoms with E-state index in [1.54, 1.807) is 0 Å². The summed E-state index contributed by atoms with van der Waals surface area (Å²) in [5.74, 6) is 0. The topological polar surface area (TPSA) is 44.9 Å². The fourth-order valence-electron chi connectivity index (χ4n) is 2.15. The minimum absolute atomic E-state index is 0.699. The van der Waals surface area contributed by atoms with Crippen LogP contribution in [0.3, 0.4) is 0 Å². The number of H-pyrrole nitrogens is 1. The Balaban J connectivity index is 2.21. The van der Waals surface area contributed by atoms with E-state index in [9.17, 15) is 4.79 Å². The van der Waals surface area contributed by atoms with Crippen LogP contribution in [0.1, 0.15) is 0 Å². The highest BCUT2D eigenvalue weighted by molar-refractivity contribution is 5.98. The number of anilines is 1. The highest BCUT2D eigenvalue weighted by Gasteiger charge is 2.06. The van der Waals surface area contributed by atoms with Gasteiger partial charge < -0.3 is 10.3 Å². The summed E-state index contributed by atoms with van der Waals surface area (Å²) >= 11 is 0. The van der Waals surface area contributed by atoms with Crippen molar-refractivity contribution in [3.05, 3.63) is 54.7 Å². The zero-order chi connectivity index (χ0) is 12.4. The lowest BCUT2D eigenvalue weighted by atomic mass is 10.0. The summed E-state index contributed by atoms with van der Waals surface area (Å²) in [7, 11) is 0. The monoisotopic (exact) mass is 236 g/mol. The molecule has 0 aliphatic heterocycles. The van der Waals surface area contributed by atoms with Gasteiger partial charge in [0.2, 0.25) is 6.41 Å². The van der Waals surface area contributed by atoms with E-state index in [0.29, 0.717) is 6.41 Å². The maximum Gasteiger partial charge on any atom is 0.211 e. The van der Waals surface area contributed by atoms with Crippen molar-refractivity contribution in [2.24, 2.45) is 0 Å². The summed E-state index contributed by atoms with van der Waals surface area (Å²) in [4.78, 5) is 13.8.